The first-order valence-electron chi connectivity index (χ1n) is 11.2. The van der Waals surface area contributed by atoms with Crippen LogP contribution in [0.2, 0.25) is 5.02 Å². The summed E-state index contributed by atoms with van der Waals surface area (Å²) in [6, 6.07) is 24.1. The smallest absolute Gasteiger partial charge is 0.300 e. The molecule has 1 amide bonds. The van der Waals surface area contributed by atoms with E-state index in [0.717, 1.165) is 10.8 Å². The third-order valence-corrected chi connectivity index (χ3v) is 6.56. The maximum absolute atomic E-state index is 13.5. The molecule has 36 heavy (non-hydrogen) atoms. The van der Waals surface area contributed by atoms with Gasteiger partial charge in [0, 0.05) is 10.7 Å². The van der Waals surface area contributed by atoms with Crippen LogP contribution in [0.5, 0.6) is 11.5 Å². The highest BCUT2D eigenvalue weighted by Gasteiger charge is 2.47. The van der Waals surface area contributed by atoms with Gasteiger partial charge >= 0.3 is 0 Å². The fraction of sp³-hybridized carbons (Fsp3) is 0.103. The van der Waals surface area contributed by atoms with Crippen LogP contribution < -0.4 is 14.4 Å². The van der Waals surface area contributed by atoms with Gasteiger partial charge in [-0.3, -0.25) is 14.5 Å². The molecule has 1 aliphatic rings. The minimum Gasteiger partial charge on any atom is -0.507 e. The van der Waals surface area contributed by atoms with E-state index in [-0.39, 0.29) is 16.9 Å². The number of rotatable bonds is 5. The molecule has 0 aromatic heterocycles. The van der Waals surface area contributed by atoms with E-state index in [1.807, 2.05) is 42.5 Å². The summed E-state index contributed by atoms with van der Waals surface area (Å²) in [5, 5.41) is 13.7. The van der Waals surface area contributed by atoms with Gasteiger partial charge in [-0.15, -0.1) is 0 Å². The number of anilines is 1. The summed E-state index contributed by atoms with van der Waals surface area (Å²) >= 11 is 6.21. The Balaban J connectivity index is 1.81. The molecule has 4 aromatic carbocycles. The minimum atomic E-state index is -0.895. The molecule has 0 radical (unpaired) electrons. The number of Topliss-reactive ketones (excluding diaryl/α,β-unsaturated/α-hetero) is 1. The van der Waals surface area contributed by atoms with Gasteiger partial charge in [0.15, 0.2) is 0 Å². The average Bonchev–Trinajstić information content (AvgIpc) is 3.17. The number of methoxy groups -OCH3 is 2. The summed E-state index contributed by atoms with van der Waals surface area (Å²) in [4.78, 5) is 28.4. The second kappa shape index (κ2) is 9.40. The van der Waals surface area contributed by atoms with Crippen LogP contribution in [0, 0.1) is 0 Å². The van der Waals surface area contributed by atoms with Crippen LogP contribution in [0.3, 0.4) is 0 Å². The largest absolute Gasteiger partial charge is 0.507 e. The van der Waals surface area contributed by atoms with Crippen molar-refractivity contribution >= 4 is 45.5 Å². The molecule has 180 valence electrons. The molecule has 6 nitrogen and oxygen atoms in total. The highest BCUT2D eigenvalue weighted by molar-refractivity contribution is 6.52. The van der Waals surface area contributed by atoms with Crippen molar-refractivity contribution in [3.63, 3.8) is 0 Å². The van der Waals surface area contributed by atoms with Gasteiger partial charge in [0.25, 0.3) is 11.7 Å². The van der Waals surface area contributed by atoms with Crippen molar-refractivity contribution in [2.75, 3.05) is 19.1 Å². The number of ether oxygens (including phenoxy) is 2. The molecule has 1 unspecified atom stereocenters. The molecule has 0 aliphatic carbocycles. The molecule has 0 spiro atoms. The second-order valence-electron chi connectivity index (χ2n) is 8.28. The molecule has 1 N–H and O–H groups in total. The van der Waals surface area contributed by atoms with E-state index in [9.17, 15) is 14.7 Å². The number of carbonyl (C=O) groups excluding carboxylic acids is 2. The van der Waals surface area contributed by atoms with Gasteiger partial charge in [0.2, 0.25) is 0 Å². The summed E-state index contributed by atoms with van der Waals surface area (Å²) in [6.45, 7) is 0. The molecule has 1 fully saturated rings. The highest BCUT2D eigenvalue weighted by atomic mass is 35.5. The van der Waals surface area contributed by atoms with Crippen LogP contribution in [0.25, 0.3) is 16.5 Å². The van der Waals surface area contributed by atoms with Gasteiger partial charge in [-0.05, 0) is 58.8 Å². The summed E-state index contributed by atoms with van der Waals surface area (Å²) in [5.41, 5.74) is 1.37. The number of hydrogen-bond donors (Lipinski definition) is 1. The average molecular weight is 500 g/mol. The van der Waals surface area contributed by atoms with Crippen molar-refractivity contribution in [2.45, 2.75) is 6.04 Å². The molecule has 1 aliphatic heterocycles. The zero-order chi connectivity index (χ0) is 25.4. The molecule has 1 heterocycles. The number of amides is 1. The minimum absolute atomic E-state index is 0.0484. The number of fused-ring (bicyclic) bond motifs is 1. The van der Waals surface area contributed by atoms with Crippen molar-refractivity contribution in [1.82, 2.24) is 0 Å². The topological polar surface area (TPSA) is 76.1 Å². The molecule has 5 rings (SSSR count). The van der Waals surface area contributed by atoms with Crippen molar-refractivity contribution in [1.29, 1.82) is 0 Å². The van der Waals surface area contributed by atoms with Crippen LogP contribution in [-0.4, -0.2) is 31.0 Å². The number of carbonyl (C=O) groups is 2. The summed E-state index contributed by atoms with van der Waals surface area (Å²) in [7, 11) is 3.01. The number of nitrogens with zero attached hydrogens (tertiary/aromatic N) is 1. The lowest BCUT2D eigenvalue weighted by molar-refractivity contribution is -0.132. The van der Waals surface area contributed by atoms with E-state index in [1.165, 1.54) is 18.1 Å². The first-order valence-corrected chi connectivity index (χ1v) is 11.6. The van der Waals surface area contributed by atoms with Crippen LogP contribution >= 0.6 is 11.6 Å². The van der Waals surface area contributed by atoms with E-state index < -0.39 is 17.7 Å². The van der Waals surface area contributed by atoms with Gasteiger partial charge in [0.05, 0.1) is 31.4 Å². The Morgan fingerprint density at radius 3 is 2.33 bits per heavy atom. The van der Waals surface area contributed by atoms with Crippen LogP contribution in [0.15, 0.2) is 90.5 Å². The van der Waals surface area contributed by atoms with Crippen molar-refractivity contribution in [2.24, 2.45) is 0 Å². The SMILES string of the molecule is COc1ccc(N2C(=O)C(=O)/C(=C(/O)c3cc(Cl)ccc3OC)C2c2cccc3ccccc23)cc1. The van der Waals surface area contributed by atoms with E-state index in [1.54, 1.807) is 43.5 Å². The molecule has 7 heteroatoms. The first kappa shape index (κ1) is 23.5. The van der Waals surface area contributed by atoms with E-state index >= 15 is 0 Å². The van der Waals surface area contributed by atoms with E-state index in [0.29, 0.717) is 27.8 Å². The molecular formula is C29H22ClNO5. The number of hydrogen-bond acceptors (Lipinski definition) is 5. The molecule has 1 atom stereocenters. The predicted molar refractivity (Wildman–Crippen MR) is 140 cm³/mol. The zero-order valence-corrected chi connectivity index (χ0v) is 20.3. The Labute approximate surface area is 212 Å². The standard InChI is InChI=1S/C29H22ClNO5/c1-35-20-13-11-19(12-14-20)31-26(22-9-5-7-17-6-3-4-8-21(17)22)25(28(33)29(31)34)27(32)23-16-18(30)10-15-24(23)36-2/h3-16,26,32H,1-2H3/b27-25+. The Bertz CT molecular complexity index is 1520. The summed E-state index contributed by atoms with van der Waals surface area (Å²) in [6.07, 6.45) is 0. The molecule has 0 saturated carbocycles. The number of halogens is 1. The lowest BCUT2D eigenvalue weighted by Crippen LogP contribution is -2.29. The summed E-state index contributed by atoms with van der Waals surface area (Å²) in [5.74, 6) is -0.976. The Hall–Kier alpha value is -4.29. The third kappa shape index (κ3) is 3.85. The lowest BCUT2D eigenvalue weighted by atomic mass is 9.91. The van der Waals surface area contributed by atoms with Gasteiger partial charge in [-0.2, -0.15) is 0 Å². The quantitative estimate of drug-likeness (QED) is 0.203. The van der Waals surface area contributed by atoms with Crippen molar-refractivity contribution in [3.8, 4) is 11.5 Å². The summed E-state index contributed by atoms with van der Waals surface area (Å²) < 4.78 is 10.7. The molecule has 1 saturated heterocycles. The molecular weight excluding hydrogens is 478 g/mol. The van der Waals surface area contributed by atoms with Gasteiger partial charge in [-0.25, -0.2) is 0 Å². The molecule has 0 bridgehead atoms. The predicted octanol–water partition coefficient (Wildman–Crippen LogP) is 6.14. The van der Waals surface area contributed by atoms with E-state index in [4.69, 9.17) is 21.1 Å². The highest BCUT2D eigenvalue weighted by Crippen LogP contribution is 2.45. The zero-order valence-electron chi connectivity index (χ0n) is 19.6. The van der Waals surface area contributed by atoms with Gasteiger partial charge in [0.1, 0.15) is 17.3 Å². The third-order valence-electron chi connectivity index (χ3n) is 6.33. The number of aliphatic hydroxyl groups is 1. The van der Waals surface area contributed by atoms with Gasteiger partial charge < -0.3 is 14.6 Å². The van der Waals surface area contributed by atoms with Crippen LogP contribution in [0.4, 0.5) is 5.69 Å². The van der Waals surface area contributed by atoms with Crippen molar-refractivity contribution in [3.05, 3.63) is 107 Å². The monoisotopic (exact) mass is 499 g/mol. The van der Waals surface area contributed by atoms with Crippen molar-refractivity contribution < 1.29 is 24.2 Å². The Kier molecular flexibility index (Phi) is 6.12. The normalized spacial score (nSPS) is 17.0. The second-order valence-corrected chi connectivity index (χ2v) is 8.72. The fourth-order valence-corrected chi connectivity index (χ4v) is 4.81. The number of aliphatic hydroxyl groups excluding tert-OH is 1. The Morgan fingerprint density at radius 1 is 0.889 bits per heavy atom. The number of benzene rings is 4. The van der Waals surface area contributed by atoms with E-state index in [2.05, 4.69) is 0 Å². The first-order chi connectivity index (χ1) is 17.4. The maximum Gasteiger partial charge on any atom is 0.300 e. The van der Waals surface area contributed by atoms with Gasteiger partial charge in [-0.1, -0.05) is 54.1 Å². The number of ketones is 1. The molecule has 4 aromatic rings. The lowest BCUT2D eigenvalue weighted by Gasteiger charge is -2.26. The Morgan fingerprint density at radius 2 is 1.61 bits per heavy atom. The van der Waals surface area contributed by atoms with Crippen LogP contribution in [-0.2, 0) is 9.59 Å². The van der Waals surface area contributed by atoms with Crippen LogP contribution in [0.1, 0.15) is 17.2 Å². The fourth-order valence-electron chi connectivity index (χ4n) is 4.64. The maximum atomic E-state index is 13.5.